The molecule has 0 aromatic carbocycles. The molecular weight excluding hydrogens is 566 g/mol. The van der Waals surface area contributed by atoms with E-state index >= 15 is 0 Å². The molecule has 0 aromatic rings. The van der Waals surface area contributed by atoms with Gasteiger partial charge in [-0.25, -0.2) is 0 Å². The van der Waals surface area contributed by atoms with Crippen LogP contribution in [-0.4, -0.2) is 6.94 Å². The van der Waals surface area contributed by atoms with Gasteiger partial charge in [-0.15, -0.1) is 24.8 Å². The second kappa shape index (κ2) is 10.8. The molecule has 2 rings (SSSR count). The molecule has 2 aliphatic rings. The minimum absolute atomic E-state index is 0. The van der Waals surface area contributed by atoms with Crippen LogP contribution in [0.25, 0.3) is 0 Å². The molecule has 0 aromatic heterocycles. The topological polar surface area (TPSA) is 0 Å². The van der Waals surface area contributed by atoms with Gasteiger partial charge in [0.1, 0.15) is 0 Å². The Hall–Kier alpha value is 0.627. The van der Waals surface area contributed by atoms with Gasteiger partial charge in [0.15, 0.2) is 0 Å². The molecule has 0 saturated heterocycles. The van der Waals surface area contributed by atoms with Crippen molar-refractivity contribution in [2.75, 3.05) is 0 Å². The zero-order chi connectivity index (χ0) is 19.7. The first-order valence-electron chi connectivity index (χ1n) is 10.9. The number of allylic oxidation sites excluding steroid dienone is 8. The van der Waals surface area contributed by atoms with E-state index in [1.165, 1.54) is 38.5 Å². The van der Waals surface area contributed by atoms with Gasteiger partial charge in [-0.2, -0.15) is 0 Å². The quantitative estimate of drug-likeness (QED) is 0.243. The van der Waals surface area contributed by atoms with Crippen molar-refractivity contribution in [3.05, 3.63) is 41.1 Å². The summed E-state index contributed by atoms with van der Waals surface area (Å²) in [5, 5.41) is 0. The van der Waals surface area contributed by atoms with Crippen LogP contribution in [0.3, 0.4) is 0 Å². The smallest absolute Gasteiger partial charge is 0.147 e. The van der Waals surface area contributed by atoms with E-state index in [4.69, 9.17) is 0 Å². The molecule has 2 aliphatic carbocycles. The van der Waals surface area contributed by atoms with Crippen molar-refractivity contribution in [3.63, 3.8) is 0 Å². The van der Waals surface area contributed by atoms with E-state index in [0.29, 0.717) is 11.8 Å². The fourth-order valence-corrected chi connectivity index (χ4v) is 26.3. The van der Waals surface area contributed by atoms with Crippen molar-refractivity contribution < 1.29 is 17.1 Å². The van der Waals surface area contributed by atoms with Gasteiger partial charge in [0.2, 0.25) is 0 Å². The fourth-order valence-electron chi connectivity index (χ4n) is 4.86. The molecule has 0 heterocycles. The van der Waals surface area contributed by atoms with Gasteiger partial charge < -0.3 is 0 Å². The summed E-state index contributed by atoms with van der Waals surface area (Å²) in [6.07, 6.45) is 12.9. The SMILES string of the molecule is CCCC1=[C]([Hf]([CH3])([CH3])(=[SiH2])[C]2=C(CCC)C=C(C(C)C)C2)CC(C(C)C)=C1.Cl.Cl. The van der Waals surface area contributed by atoms with Crippen LogP contribution in [-0.2, 0) is 17.1 Å². The predicted octanol–water partition coefficient (Wildman–Crippen LogP) is 8.24. The Morgan fingerprint density at radius 1 is 0.786 bits per heavy atom. The van der Waals surface area contributed by atoms with Gasteiger partial charge in [0, 0.05) is 0 Å². The monoisotopic (exact) mass is 610 g/mol. The summed E-state index contributed by atoms with van der Waals surface area (Å²) < 4.78 is 9.35. The van der Waals surface area contributed by atoms with Crippen molar-refractivity contribution in [2.45, 2.75) is 89.4 Å². The van der Waals surface area contributed by atoms with Crippen LogP contribution >= 0.6 is 24.8 Å². The number of hydrogen-bond donors (Lipinski definition) is 0. The summed E-state index contributed by atoms with van der Waals surface area (Å²) >= 11 is -3.23. The van der Waals surface area contributed by atoms with Crippen LogP contribution in [0.2, 0.25) is 9.36 Å². The molecule has 0 radical (unpaired) electrons. The summed E-state index contributed by atoms with van der Waals surface area (Å²) in [5.74, 6) is 1.37. The van der Waals surface area contributed by atoms with Gasteiger partial charge in [0.25, 0.3) is 0 Å². The Bertz CT molecular complexity index is 699. The van der Waals surface area contributed by atoms with E-state index < -0.39 is 17.1 Å². The molecule has 0 aliphatic heterocycles. The maximum Gasteiger partial charge on any atom is -0.147 e. The zero-order valence-corrected chi connectivity index (χ0v) is 26.2. The Kier molecular flexibility index (Phi) is 11.0. The summed E-state index contributed by atoms with van der Waals surface area (Å²) in [6.45, 7) is 16.7. The minimum atomic E-state index is -3.23. The molecule has 4 heteroatoms. The van der Waals surface area contributed by atoms with Crippen molar-refractivity contribution in [3.8, 4) is 0 Å². The first kappa shape index (κ1) is 28.6. The summed E-state index contributed by atoms with van der Waals surface area (Å²) in [7, 11) is 0. The summed E-state index contributed by atoms with van der Waals surface area (Å²) in [6, 6.07) is 0. The van der Waals surface area contributed by atoms with Crippen LogP contribution in [0.15, 0.2) is 41.1 Å². The molecule has 0 N–H and O–H groups in total. The standard InChI is InChI=1S/2C11H17.2CH3.2ClH.Hf.H2Si/c2*1-4-5-10-6-7-11(8-10)9(2)3;;;;;;/h2*8-9H,4-5,7H2,1-3H3;2*1H3;2*1H;;1H2. The Morgan fingerprint density at radius 3 is 1.36 bits per heavy atom. The molecule has 0 bridgehead atoms. The van der Waals surface area contributed by atoms with Crippen molar-refractivity contribution in [1.82, 2.24) is 0 Å². The summed E-state index contributed by atoms with van der Waals surface area (Å²) in [4.78, 5) is 0. The van der Waals surface area contributed by atoms with Crippen LogP contribution in [0.4, 0.5) is 0 Å². The van der Waals surface area contributed by atoms with Crippen molar-refractivity contribution in [1.29, 1.82) is 0 Å². The van der Waals surface area contributed by atoms with Gasteiger partial charge >= 0.3 is 166 Å². The minimum Gasteiger partial charge on any atom is -0.147 e. The number of rotatable bonds is 8. The molecule has 0 nitrogen and oxygen atoms in total. The maximum atomic E-state index is 2.75. The molecule has 0 fully saturated rings. The van der Waals surface area contributed by atoms with Gasteiger partial charge in [-0.3, -0.25) is 0 Å². The molecule has 0 saturated carbocycles. The van der Waals surface area contributed by atoms with Crippen molar-refractivity contribution in [2.24, 2.45) is 11.8 Å². The van der Waals surface area contributed by atoms with Gasteiger partial charge in [-0.1, -0.05) is 0 Å². The Morgan fingerprint density at radius 2 is 1.11 bits per heavy atom. The maximum absolute atomic E-state index is 3.23. The third kappa shape index (κ3) is 5.86. The molecule has 0 spiro atoms. The largest absolute Gasteiger partial charge is 0.147 e. The van der Waals surface area contributed by atoms with Crippen LogP contribution in [0.1, 0.15) is 80.1 Å². The molecule has 28 heavy (non-hydrogen) atoms. The van der Waals surface area contributed by atoms with E-state index in [0.717, 1.165) is 0 Å². The normalized spacial score (nSPS) is 17.8. The van der Waals surface area contributed by atoms with Crippen LogP contribution in [0.5, 0.6) is 0 Å². The first-order chi connectivity index (χ1) is 12.0. The third-order valence-electron chi connectivity index (χ3n) is 6.71. The molecule has 0 atom stereocenters. The Balaban J connectivity index is 0.00000364. The predicted molar refractivity (Wildman–Crippen MR) is 134 cm³/mol. The Labute approximate surface area is 190 Å². The van der Waals surface area contributed by atoms with E-state index in [9.17, 15) is 0 Å². The van der Waals surface area contributed by atoms with Crippen LogP contribution in [0, 0.1) is 11.8 Å². The first-order valence-corrected chi connectivity index (χ1v) is 30.0. The van der Waals surface area contributed by atoms with Gasteiger partial charge in [-0.05, 0) is 0 Å². The zero-order valence-electron chi connectivity index (χ0n) is 19.6. The molecule has 0 amide bonds. The van der Waals surface area contributed by atoms with E-state index in [2.05, 4.69) is 70.0 Å². The van der Waals surface area contributed by atoms with E-state index in [1.807, 2.05) is 6.66 Å². The average Bonchev–Trinajstić information content (AvgIpc) is 3.13. The molecule has 0 unspecified atom stereocenters. The summed E-state index contributed by atoms with van der Waals surface area (Å²) in [5.41, 5.74) is 6.84. The average molecular weight is 610 g/mol. The van der Waals surface area contributed by atoms with E-state index in [-0.39, 0.29) is 24.8 Å². The number of hydrogen-bond acceptors (Lipinski definition) is 0. The van der Waals surface area contributed by atoms with Crippen molar-refractivity contribution >= 4 is 31.8 Å². The second-order valence-electron chi connectivity index (χ2n) is 10.3. The third-order valence-corrected chi connectivity index (χ3v) is 31.2. The fraction of sp³-hybridized carbons (Fsp3) is 0.667. The molecule has 162 valence electrons. The van der Waals surface area contributed by atoms with Gasteiger partial charge in [0.05, 0.1) is 0 Å². The molecular formula is C24H44Cl2HfSi. The van der Waals surface area contributed by atoms with E-state index in [1.54, 1.807) is 22.3 Å². The van der Waals surface area contributed by atoms with Crippen LogP contribution < -0.4 is 0 Å². The second-order valence-corrected chi connectivity index (χ2v) is 51.3. The number of halogens is 2.